The Hall–Kier alpha value is -0.850. The molecule has 21 heavy (non-hydrogen) atoms. The Kier molecular flexibility index (Phi) is 5.46. The second-order valence-corrected chi connectivity index (χ2v) is 7.64. The Bertz CT molecular complexity index is 553. The lowest BCUT2D eigenvalue weighted by atomic mass is 9.78. The van der Waals surface area contributed by atoms with Crippen molar-refractivity contribution < 1.29 is 12.8 Å². The van der Waals surface area contributed by atoms with E-state index in [1.807, 2.05) is 6.92 Å². The maximum Gasteiger partial charge on any atom is 0.274 e. The van der Waals surface area contributed by atoms with Crippen molar-refractivity contribution in [1.82, 2.24) is 10.0 Å². The fourth-order valence-corrected chi connectivity index (χ4v) is 4.16. The average Bonchev–Trinajstić information content (AvgIpc) is 2.91. The first-order valence-electron chi connectivity index (χ1n) is 7.75. The van der Waals surface area contributed by atoms with Gasteiger partial charge in [-0.05, 0) is 36.9 Å². The summed E-state index contributed by atoms with van der Waals surface area (Å²) in [5.41, 5.74) is 0. The molecule has 1 fully saturated rings. The SMILES string of the molecule is CCNCc1ccc(S(=O)(=O)NC2CCCC(C)C2C)o1. The summed E-state index contributed by atoms with van der Waals surface area (Å²) in [7, 11) is -3.56. The predicted molar refractivity (Wildman–Crippen MR) is 82.4 cm³/mol. The average molecular weight is 314 g/mol. The minimum absolute atomic E-state index is 0.000988. The van der Waals surface area contributed by atoms with Crippen molar-refractivity contribution in [1.29, 1.82) is 0 Å². The molecule has 3 atom stereocenters. The first kappa shape index (κ1) is 16.5. The molecule has 0 amide bonds. The number of hydrogen-bond donors (Lipinski definition) is 2. The largest absolute Gasteiger partial charge is 0.447 e. The molecule has 1 aliphatic carbocycles. The molecule has 0 aliphatic heterocycles. The van der Waals surface area contributed by atoms with Gasteiger partial charge >= 0.3 is 0 Å². The van der Waals surface area contributed by atoms with Gasteiger partial charge in [0.15, 0.2) is 0 Å². The summed E-state index contributed by atoms with van der Waals surface area (Å²) in [6.07, 6.45) is 3.14. The van der Waals surface area contributed by atoms with Crippen LogP contribution in [0.5, 0.6) is 0 Å². The lowest BCUT2D eigenvalue weighted by Crippen LogP contribution is -2.43. The predicted octanol–water partition coefficient (Wildman–Crippen LogP) is 2.49. The van der Waals surface area contributed by atoms with Crippen molar-refractivity contribution >= 4 is 10.0 Å². The van der Waals surface area contributed by atoms with Crippen LogP contribution in [0.1, 0.15) is 45.8 Å². The molecule has 2 N–H and O–H groups in total. The number of sulfonamides is 1. The third-order valence-corrected chi connectivity index (χ3v) is 5.83. The van der Waals surface area contributed by atoms with Crippen LogP contribution in [0.4, 0.5) is 0 Å². The molecule has 120 valence electrons. The number of nitrogens with one attached hydrogen (secondary N) is 2. The maximum absolute atomic E-state index is 12.4. The summed E-state index contributed by atoms with van der Waals surface area (Å²) in [6, 6.07) is 3.25. The molecule has 1 heterocycles. The molecule has 0 saturated heterocycles. The molecule has 2 rings (SSSR count). The van der Waals surface area contributed by atoms with Crippen molar-refractivity contribution in [2.75, 3.05) is 6.54 Å². The van der Waals surface area contributed by atoms with Gasteiger partial charge in [0.05, 0.1) is 6.54 Å². The smallest absolute Gasteiger partial charge is 0.274 e. The zero-order valence-corrected chi connectivity index (χ0v) is 13.9. The standard InChI is InChI=1S/C15H26N2O3S/c1-4-16-10-13-8-9-15(20-13)21(18,19)17-14-7-5-6-11(2)12(14)3/h8-9,11-12,14,16-17H,4-7,10H2,1-3H3. The molecule has 1 aliphatic rings. The van der Waals surface area contributed by atoms with Crippen LogP contribution in [0.3, 0.4) is 0 Å². The van der Waals surface area contributed by atoms with Crippen molar-refractivity contribution in [3.05, 3.63) is 17.9 Å². The van der Waals surface area contributed by atoms with Gasteiger partial charge in [0.1, 0.15) is 5.76 Å². The van der Waals surface area contributed by atoms with E-state index in [0.717, 1.165) is 19.4 Å². The van der Waals surface area contributed by atoms with Crippen LogP contribution in [0.25, 0.3) is 0 Å². The first-order valence-corrected chi connectivity index (χ1v) is 9.24. The lowest BCUT2D eigenvalue weighted by molar-refractivity contribution is 0.226. The molecule has 0 bridgehead atoms. The van der Waals surface area contributed by atoms with Gasteiger partial charge in [-0.1, -0.05) is 33.6 Å². The molecule has 1 aromatic heterocycles. The van der Waals surface area contributed by atoms with Crippen LogP contribution >= 0.6 is 0 Å². The highest BCUT2D eigenvalue weighted by Gasteiger charge is 2.31. The van der Waals surface area contributed by atoms with E-state index in [0.29, 0.717) is 24.1 Å². The maximum atomic E-state index is 12.4. The molecule has 3 unspecified atom stereocenters. The van der Waals surface area contributed by atoms with Crippen LogP contribution in [0.15, 0.2) is 21.6 Å². The highest BCUT2D eigenvalue weighted by Crippen LogP contribution is 2.30. The molecule has 0 aromatic carbocycles. The van der Waals surface area contributed by atoms with Gasteiger partial charge in [-0.25, -0.2) is 13.1 Å². The van der Waals surface area contributed by atoms with Crippen molar-refractivity contribution in [3.63, 3.8) is 0 Å². The zero-order valence-electron chi connectivity index (χ0n) is 13.1. The molecule has 1 saturated carbocycles. The molecule has 5 nitrogen and oxygen atoms in total. The Balaban J connectivity index is 2.05. The van der Waals surface area contributed by atoms with E-state index in [4.69, 9.17) is 4.42 Å². The fraction of sp³-hybridized carbons (Fsp3) is 0.733. The fourth-order valence-electron chi connectivity index (χ4n) is 2.85. The van der Waals surface area contributed by atoms with Crippen molar-refractivity contribution in [3.8, 4) is 0 Å². The Morgan fingerprint density at radius 2 is 2.05 bits per heavy atom. The summed E-state index contributed by atoms with van der Waals surface area (Å²) in [4.78, 5) is 0. The van der Waals surface area contributed by atoms with Crippen LogP contribution < -0.4 is 10.0 Å². The monoisotopic (exact) mass is 314 g/mol. The second-order valence-electron chi connectivity index (χ2n) is 6.00. The van der Waals surface area contributed by atoms with Crippen LogP contribution in [0.2, 0.25) is 0 Å². The highest BCUT2D eigenvalue weighted by molar-refractivity contribution is 7.89. The van der Waals surface area contributed by atoms with E-state index in [1.54, 1.807) is 6.07 Å². The van der Waals surface area contributed by atoms with Gasteiger partial charge in [-0.3, -0.25) is 0 Å². The summed E-state index contributed by atoms with van der Waals surface area (Å²) < 4.78 is 33.1. The van der Waals surface area contributed by atoms with E-state index in [2.05, 4.69) is 23.9 Å². The van der Waals surface area contributed by atoms with Crippen LogP contribution in [-0.4, -0.2) is 21.0 Å². The molecular weight excluding hydrogens is 288 g/mol. The van der Waals surface area contributed by atoms with Crippen molar-refractivity contribution in [2.24, 2.45) is 11.8 Å². The van der Waals surface area contributed by atoms with Gasteiger partial charge in [0, 0.05) is 6.04 Å². The minimum Gasteiger partial charge on any atom is -0.447 e. The Morgan fingerprint density at radius 3 is 2.76 bits per heavy atom. The van der Waals surface area contributed by atoms with E-state index in [9.17, 15) is 8.42 Å². The topological polar surface area (TPSA) is 71.3 Å². The van der Waals surface area contributed by atoms with Crippen molar-refractivity contribution in [2.45, 2.75) is 57.7 Å². The van der Waals surface area contributed by atoms with Gasteiger partial charge in [-0.15, -0.1) is 0 Å². The van der Waals surface area contributed by atoms with E-state index in [-0.39, 0.29) is 11.1 Å². The first-order chi connectivity index (χ1) is 9.94. The zero-order chi connectivity index (χ0) is 15.5. The minimum atomic E-state index is -3.56. The molecule has 6 heteroatoms. The highest BCUT2D eigenvalue weighted by atomic mass is 32.2. The second kappa shape index (κ2) is 6.94. The van der Waals surface area contributed by atoms with E-state index in [1.165, 1.54) is 12.5 Å². The van der Waals surface area contributed by atoms with Gasteiger partial charge in [-0.2, -0.15) is 0 Å². The third-order valence-electron chi connectivity index (χ3n) is 4.46. The summed E-state index contributed by atoms with van der Waals surface area (Å²) in [6.45, 7) is 7.66. The van der Waals surface area contributed by atoms with E-state index < -0.39 is 10.0 Å². The lowest BCUT2D eigenvalue weighted by Gasteiger charge is -2.34. The van der Waals surface area contributed by atoms with Gasteiger partial charge in [0.2, 0.25) is 5.09 Å². The Labute approximate surface area is 127 Å². The molecule has 0 spiro atoms. The normalized spacial score (nSPS) is 26.9. The molecule has 1 aromatic rings. The molecular formula is C15H26N2O3S. The molecule has 0 radical (unpaired) electrons. The van der Waals surface area contributed by atoms with Crippen LogP contribution in [0, 0.1) is 11.8 Å². The van der Waals surface area contributed by atoms with Gasteiger partial charge < -0.3 is 9.73 Å². The quantitative estimate of drug-likeness (QED) is 0.846. The summed E-state index contributed by atoms with van der Waals surface area (Å²) in [5.74, 6) is 1.54. The van der Waals surface area contributed by atoms with Crippen LogP contribution in [-0.2, 0) is 16.6 Å². The number of hydrogen-bond acceptors (Lipinski definition) is 4. The Morgan fingerprint density at radius 1 is 1.29 bits per heavy atom. The third kappa shape index (κ3) is 4.08. The van der Waals surface area contributed by atoms with E-state index >= 15 is 0 Å². The summed E-state index contributed by atoms with van der Waals surface area (Å²) in [5, 5.41) is 3.13. The summed E-state index contributed by atoms with van der Waals surface area (Å²) >= 11 is 0. The van der Waals surface area contributed by atoms with Gasteiger partial charge in [0.25, 0.3) is 10.0 Å². The number of rotatable bonds is 6. The number of furan rings is 1.